The minimum atomic E-state index is -3.70. The Bertz CT molecular complexity index is 696. The van der Waals surface area contributed by atoms with Gasteiger partial charge in [0.15, 0.2) is 0 Å². The maximum Gasteiger partial charge on any atom is 0.244 e. The van der Waals surface area contributed by atoms with Crippen LogP contribution >= 0.6 is 0 Å². The summed E-state index contributed by atoms with van der Waals surface area (Å²) in [6.45, 7) is 1.71. The first-order valence-electron chi connectivity index (χ1n) is 5.95. The number of hydrogen-bond acceptors (Lipinski definition) is 5. The van der Waals surface area contributed by atoms with Crippen LogP contribution in [-0.4, -0.2) is 30.3 Å². The molecule has 7 nitrogen and oxygen atoms in total. The smallest absolute Gasteiger partial charge is 0.244 e. The van der Waals surface area contributed by atoms with Crippen molar-refractivity contribution in [2.75, 3.05) is 7.11 Å². The summed E-state index contributed by atoms with van der Waals surface area (Å²) in [5.41, 5.74) is 0. The van der Waals surface area contributed by atoms with E-state index in [0.29, 0.717) is 11.6 Å². The van der Waals surface area contributed by atoms with Gasteiger partial charge in [-0.25, -0.2) is 13.1 Å². The summed E-state index contributed by atoms with van der Waals surface area (Å²) in [7, 11) is -0.517. The summed E-state index contributed by atoms with van der Waals surface area (Å²) in [6.07, 6.45) is 1.52. The quantitative estimate of drug-likeness (QED) is 0.884. The van der Waals surface area contributed by atoms with Crippen LogP contribution in [0.2, 0.25) is 0 Å². The molecule has 0 amide bonds. The van der Waals surface area contributed by atoms with Gasteiger partial charge in [0, 0.05) is 7.05 Å². The highest BCUT2D eigenvalue weighted by atomic mass is 32.2. The van der Waals surface area contributed by atoms with Crippen LogP contribution < -0.4 is 9.46 Å². The van der Waals surface area contributed by atoms with Gasteiger partial charge < -0.3 is 9.30 Å². The number of ether oxygens (including phenoxy) is 1. The third kappa shape index (κ3) is 2.81. The molecule has 0 radical (unpaired) electrons. The molecule has 8 heteroatoms. The molecule has 0 aliphatic heterocycles. The van der Waals surface area contributed by atoms with Crippen LogP contribution in [0.25, 0.3) is 0 Å². The van der Waals surface area contributed by atoms with E-state index >= 15 is 0 Å². The lowest BCUT2D eigenvalue weighted by molar-refractivity contribution is 0.402. The van der Waals surface area contributed by atoms with Crippen molar-refractivity contribution < 1.29 is 13.2 Å². The maximum absolute atomic E-state index is 12.4. The van der Waals surface area contributed by atoms with Crippen molar-refractivity contribution in [3.05, 3.63) is 36.4 Å². The molecule has 1 aromatic carbocycles. The van der Waals surface area contributed by atoms with Gasteiger partial charge in [-0.3, -0.25) is 0 Å². The number of hydrogen-bond donors (Lipinski definition) is 1. The van der Waals surface area contributed by atoms with Gasteiger partial charge in [0.25, 0.3) is 0 Å². The number of aromatic nitrogens is 3. The molecule has 1 aromatic heterocycles. The molecule has 0 fully saturated rings. The lowest BCUT2D eigenvalue weighted by Gasteiger charge is -2.15. The summed E-state index contributed by atoms with van der Waals surface area (Å²) >= 11 is 0. The second-order valence-electron chi connectivity index (χ2n) is 4.29. The van der Waals surface area contributed by atoms with Crippen LogP contribution in [0, 0.1) is 0 Å². The first kappa shape index (κ1) is 14.5. The predicted molar refractivity (Wildman–Crippen MR) is 72.7 cm³/mol. The molecule has 0 aliphatic carbocycles. The Balaban J connectivity index is 2.30. The lowest BCUT2D eigenvalue weighted by atomic mass is 10.3. The number of benzene rings is 1. The molecule has 0 saturated heterocycles. The number of para-hydroxylation sites is 1. The van der Waals surface area contributed by atoms with Gasteiger partial charge >= 0.3 is 0 Å². The number of rotatable bonds is 5. The van der Waals surface area contributed by atoms with Gasteiger partial charge in [0.2, 0.25) is 10.0 Å². The number of sulfonamides is 1. The first-order chi connectivity index (χ1) is 9.45. The van der Waals surface area contributed by atoms with E-state index in [0.717, 1.165) is 0 Å². The zero-order valence-electron chi connectivity index (χ0n) is 11.4. The Kier molecular flexibility index (Phi) is 4.05. The van der Waals surface area contributed by atoms with Crippen LogP contribution in [0.1, 0.15) is 18.8 Å². The molecular formula is C12H16N4O3S. The predicted octanol–water partition coefficient (Wildman–Crippen LogP) is 0.863. The fourth-order valence-corrected chi connectivity index (χ4v) is 3.25. The van der Waals surface area contributed by atoms with Gasteiger partial charge in [-0.15, -0.1) is 10.2 Å². The van der Waals surface area contributed by atoms with E-state index in [-0.39, 0.29) is 4.90 Å². The van der Waals surface area contributed by atoms with Crippen molar-refractivity contribution in [1.82, 2.24) is 19.5 Å². The molecule has 1 heterocycles. The third-order valence-corrected chi connectivity index (χ3v) is 4.40. The van der Waals surface area contributed by atoms with E-state index in [2.05, 4.69) is 14.9 Å². The molecule has 1 atom stereocenters. The Labute approximate surface area is 117 Å². The minimum absolute atomic E-state index is 0.0940. The van der Waals surface area contributed by atoms with Crippen LogP contribution in [0.4, 0.5) is 0 Å². The van der Waals surface area contributed by atoms with Crippen molar-refractivity contribution in [2.24, 2.45) is 7.05 Å². The summed E-state index contributed by atoms with van der Waals surface area (Å²) in [6, 6.07) is 5.94. The molecule has 1 unspecified atom stereocenters. The summed E-state index contributed by atoms with van der Waals surface area (Å²) in [5, 5.41) is 7.62. The normalized spacial score (nSPS) is 13.2. The zero-order chi connectivity index (χ0) is 14.8. The van der Waals surface area contributed by atoms with E-state index in [1.807, 2.05) is 0 Å². The summed E-state index contributed by atoms with van der Waals surface area (Å²) < 4.78 is 34.1. The molecule has 0 saturated carbocycles. The van der Waals surface area contributed by atoms with Gasteiger partial charge in [0.1, 0.15) is 22.8 Å². The Morgan fingerprint density at radius 2 is 2.05 bits per heavy atom. The van der Waals surface area contributed by atoms with Gasteiger partial charge in [-0.1, -0.05) is 12.1 Å². The van der Waals surface area contributed by atoms with Gasteiger partial charge in [0.05, 0.1) is 13.2 Å². The second-order valence-corrected chi connectivity index (χ2v) is 5.98. The fraction of sp³-hybridized carbons (Fsp3) is 0.333. The number of nitrogens with zero attached hydrogens (tertiary/aromatic N) is 3. The highest BCUT2D eigenvalue weighted by molar-refractivity contribution is 7.89. The van der Waals surface area contributed by atoms with Crippen LogP contribution in [-0.2, 0) is 17.1 Å². The van der Waals surface area contributed by atoms with Crippen molar-refractivity contribution >= 4 is 10.0 Å². The number of methoxy groups -OCH3 is 1. The molecule has 0 bridgehead atoms. The molecule has 108 valence electrons. The van der Waals surface area contributed by atoms with Crippen LogP contribution in [0.5, 0.6) is 5.75 Å². The number of aryl methyl sites for hydroxylation is 1. The maximum atomic E-state index is 12.4. The molecule has 0 spiro atoms. The van der Waals surface area contributed by atoms with Crippen molar-refractivity contribution in [3.63, 3.8) is 0 Å². The van der Waals surface area contributed by atoms with Crippen molar-refractivity contribution in [1.29, 1.82) is 0 Å². The molecular weight excluding hydrogens is 280 g/mol. The van der Waals surface area contributed by atoms with Crippen LogP contribution in [0.15, 0.2) is 35.5 Å². The van der Waals surface area contributed by atoms with E-state index in [4.69, 9.17) is 4.74 Å². The fourth-order valence-electron chi connectivity index (χ4n) is 1.87. The van der Waals surface area contributed by atoms with E-state index in [1.165, 1.54) is 19.5 Å². The molecule has 2 aromatic rings. The van der Waals surface area contributed by atoms with Crippen molar-refractivity contribution in [3.8, 4) is 5.75 Å². The molecule has 20 heavy (non-hydrogen) atoms. The molecule has 1 N–H and O–H groups in total. The highest BCUT2D eigenvalue weighted by Crippen LogP contribution is 2.24. The highest BCUT2D eigenvalue weighted by Gasteiger charge is 2.23. The largest absolute Gasteiger partial charge is 0.495 e. The Morgan fingerprint density at radius 1 is 1.35 bits per heavy atom. The van der Waals surface area contributed by atoms with Gasteiger partial charge in [-0.05, 0) is 19.1 Å². The molecule has 2 rings (SSSR count). The number of nitrogens with one attached hydrogen (secondary N) is 1. The average molecular weight is 296 g/mol. The topological polar surface area (TPSA) is 86.1 Å². The third-order valence-electron chi connectivity index (χ3n) is 2.82. The Hall–Kier alpha value is -1.93. The lowest BCUT2D eigenvalue weighted by Crippen LogP contribution is -2.28. The summed E-state index contributed by atoms with van der Waals surface area (Å²) in [5.74, 6) is 0.827. The van der Waals surface area contributed by atoms with E-state index in [1.54, 1.807) is 36.7 Å². The summed E-state index contributed by atoms with van der Waals surface area (Å²) in [4.78, 5) is 0.0940. The van der Waals surface area contributed by atoms with E-state index < -0.39 is 16.1 Å². The first-order valence-corrected chi connectivity index (χ1v) is 7.43. The van der Waals surface area contributed by atoms with E-state index in [9.17, 15) is 8.42 Å². The van der Waals surface area contributed by atoms with Gasteiger partial charge in [-0.2, -0.15) is 0 Å². The van der Waals surface area contributed by atoms with Crippen LogP contribution in [0.3, 0.4) is 0 Å². The SMILES string of the molecule is COc1ccccc1S(=O)(=O)NC(C)c1nncn1C. The van der Waals surface area contributed by atoms with Crippen molar-refractivity contribution in [2.45, 2.75) is 17.9 Å². The molecule has 0 aliphatic rings. The standard InChI is InChI=1S/C12H16N4O3S/c1-9(12-14-13-8-16(12)2)15-20(17,18)11-7-5-4-6-10(11)19-3/h4-9,15H,1-3H3. The zero-order valence-corrected chi connectivity index (χ0v) is 12.3. The Morgan fingerprint density at radius 3 is 2.65 bits per heavy atom. The minimum Gasteiger partial charge on any atom is -0.495 e. The second kappa shape index (κ2) is 5.59. The monoisotopic (exact) mass is 296 g/mol. The average Bonchev–Trinajstić information content (AvgIpc) is 2.84.